The first-order valence-corrected chi connectivity index (χ1v) is 3.97. The summed E-state index contributed by atoms with van der Waals surface area (Å²) >= 11 is 3.73. The van der Waals surface area contributed by atoms with Crippen molar-refractivity contribution in [3.63, 3.8) is 0 Å². The fourth-order valence-corrected chi connectivity index (χ4v) is 0.937. The van der Waals surface area contributed by atoms with E-state index in [0.29, 0.717) is 5.75 Å². The number of thiol groups is 1. The van der Waals surface area contributed by atoms with Gasteiger partial charge >= 0.3 is 5.97 Å². The summed E-state index contributed by atoms with van der Waals surface area (Å²) in [5.74, 6) is -0.634. The van der Waals surface area contributed by atoms with Crippen LogP contribution < -0.4 is 5.73 Å². The van der Waals surface area contributed by atoms with Crippen LogP contribution in [0.25, 0.3) is 0 Å². The average Bonchev–Trinajstić information content (AvgIpc) is 1.67. The van der Waals surface area contributed by atoms with Gasteiger partial charge in [-0.1, -0.05) is 10.8 Å². The normalized spacial score (nSPS) is 13.2. The molecule has 0 radical (unpaired) electrons. The standard InChI is InChI=1S/C3H7NO2S2/c4-2(1-8-7)3(5)6/h2,7H,1,4H2,(H,5,6)/t2-/m1/s1. The molecule has 0 saturated carbocycles. The van der Waals surface area contributed by atoms with Gasteiger partial charge in [0, 0.05) is 5.75 Å². The fourth-order valence-electron chi connectivity index (χ4n) is 0.152. The minimum Gasteiger partial charge on any atom is -0.480 e. The van der Waals surface area contributed by atoms with Crippen LogP contribution in [0.1, 0.15) is 0 Å². The van der Waals surface area contributed by atoms with Crippen molar-refractivity contribution < 1.29 is 9.90 Å². The molecule has 0 aliphatic heterocycles. The maximum atomic E-state index is 9.92. The van der Waals surface area contributed by atoms with Crippen molar-refractivity contribution in [1.82, 2.24) is 0 Å². The van der Waals surface area contributed by atoms with E-state index in [4.69, 9.17) is 10.8 Å². The number of hydrogen-bond donors (Lipinski definition) is 3. The molecule has 0 heterocycles. The van der Waals surface area contributed by atoms with Crippen molar-refractivity contribution in [2.75, 3.05) is 5.75 Å². The molecule has 0 fully saturated rings. The van der Waals surface area contributed by atoms with Crippen LogP contribution in [0.4, 0.5) is 0 Å². The Morgan fingerprint density at radius 3 is 2.62 bits per heavy atom. The summed E-state index contributed by atoms with van der Waals surface area (Å²) in [6.07, 6.45) is 0. The summed E-state index contributed by atoms with van der Waals surface area (Å²) in [6, 6.07) is -0.780. The van der Waals surface area contributed by atoms with Gasteiger partial charge in [-0.15, -0.1) is 11.7 Å². The molecule has 3 nitrogen and oxygen atoms in total. The number of rotatable bonds is 3. The van der Waals surface area contributed by atoms with E-state index in [1.165, 1.54) is 0 Å². The molecule has 1 atom stereocenters. The first-order chi connectivity index (χ1) is 3.68. The van der Waals surface area contributed by atoms with Gasteiger partial charge in [0.2, 0.25) is 0 Å². The molecule has 0 bridgehead atoms. The lowest BCUT2D eigenvalue weighted by Gasteiger charge is -1.99. The molecule has 0 unspecified atom stereocenters. The van der Waals surface area contributed by atoms with E-state index < -0.39 is 12.0 Å². The first-order valence-electron chi connectivity index (χ1n) is 1.93. The van der Waals surface area contributed by atoms with Gasteiger partial charge in [-0.2, -0.15) is 0 Å². The van der Waals surface area contributed by atoms with Gasteiger partial charge in [0.05, 0.1) is 0 Å². The second-order valence-electron chi connectivity index (χ2n) is 1.24. The van der Waals surface area contributed by atoms with Crippen molar-refractivity contribution in [2.45, 2.75) is 6.04 Å². The Balaban J connectivity index is 3.32. The van der Waals surface area contributed by atoms with Gasteiger partial charge in [0.1, 0.15) is 6.04 Å². The fraction of sp³-hybridized carbons (Fsp3) is 0.667. The van der Waals surface area contributed by atoms with E-state index in [1.807, 2.05) is 0 Å². The first kappa shape index (κ1) is 8.13. The van der Waals surface area contributed by atoms with Crippen molar-refractivity contribution >= 4 is 28.4 Å². The molecule has 0 amide bonds. The zero-order chi connectivity index (χ0) is 6.57. The van der Waals surface area contributed by atoms with Crippen LogP contribution in [-0.4, -0.2) is 22.9 Å². The monoisotopic (exact) mass is 153 g/mol. The third-order valence-corrected chi connectivity index (χ3v) is 1.53. The summed E-state index contributed by atoms with van der Waals surface area (Å²) < 4.78 is 0. The van der Waals surface area contributed by atoms with Crippen molar-refractivity contribution in [2.24, 2.45) is 5.73 Å². The molecule has 8 heavy (non-hydrogen) atoms. The average molecular weight is 153 g/mol. The van der Waals surface area contributed by atoms with Gasteiger partial charge in [0.25, 0.3) is 0 Å². The molecule has 0 aromatic heterocycles. The van der Waals surface area contributed by atoms with Crippen LogP contribution in [0.2, 0.25) is 0 Å². The Labute approximate surface area is 56.4 Å². The molecule has 0 rings (SSSR count). The lowest BCUT2D eigenvalue weighted by Crippen LogP contribution is -2.31. The number of aliphatic carboxylic acids is 1. The molecule has 0 aliphatic carbocycles. The Morgan fingerprint density at radius 2 is 2.50 bits per heavy atom. The molecule has 0 spiro atoms. The maximum Gasteiger partial charge on any atom is 0.321 e. The SMILES string of the molecule is N[C@H](CSS)C(=O)O. The summed E-state index contributed by atoms with van der Waals surface area (Å²) in [7, 11) is 1.13. The van der Waals surface area contributed by atoms with Gasteiger partial charge in [0.15, 0.2) is 0 Å². The van der Waals surface area contributed by atoms with Gasteiger partial charge in [-0.05, 0) is 0 Å². The summed E-state index contributed by atoms with van der Waals surface area (Å²) in [6.45, 7) is 0. The lowest BCUT2D eigenvalue weighted by atomic mass is 10.4. The number of nitrogens with two attached hydrogens (primary N) is 1. The zero-order valence-electron chi connectivity index (χ0n) is 4.07. The van der Waals surface area contributed by atoms with Crippen molar-refractivity contribution in [3.05, 3.63) is 0 Å². The van der Waals surface area contributed by atoms with Crippen LogP contribution in [-0.2, 0) is 4.79 Å². The second-order valence-corrected chi connectivity index (χ2v) is 2.61. The van der Waals surface area contributed by atoms with E-state index in [1.54, 1.807) is 0 Å². The quantitative estimate of drug-likeness (QED) is 0.394. The Morgan fingerprint density at radius 1 is 2.00 bits per heavy atom. The molecular weight excluding hydrogens is 146 g/mol. The van der Waals surface area contributed by atoms with Crippen LogP contribution in [0, 0.1) is 0 Å². The second kappa shape index (κ2) is 4.05. The molecule has 0 aromatic rings. The smallest absolute Gasteiger partial charge is 0.321 e. The minimum absolute atomic E-state index is 0.346. The van der Waals surface area contributed by atoms with Crippen LogP contribution in [0.3, 0.4) is 0 Å². The highest BCUT2D eigenvalue weighted by Gasteiger charge is 2.08. The van der Waals surface area contributed by atoms with Crippen LogP contribution in [0.5, 0.6) is 0 Å². The molecule has 48 valence electrons. The summed E-state index contributed by atoms with van der Waals surface area (Å²) in [5.41, 5.74) is 5.06. The molecular formula is C3H7NO2S2. The van der Waals surface area contributed by atoms with Crippen LogP contribution >= 0.6 is 22.5 Å². The summed E-state index contributed by atoms with van der Waals surface area (Å²) in [4.78, 5) is 9.92. The van der Waals surface area contributed by atoms with E-state index >= 15 is 0 Å². The van der Waals surface area contributed by atoms with Gasteiger partial charge in [-0.25, -0.2) is 0 Å². The minimum atomic E-state index is -0.980. The predicted molar refractivity (Wildman–Crippen MR) is 37.1 cm³/mol. The van der Waals surface area contributed by atoms with E-state index in [9.17, 15) is 4.79 Å². The van der Waals surface area contributed by atoms with E-state index in [2.05, 4.69) is 11.7 Å². The molecule has 5 heteroatoms. The Bertz CT molecular complexity index is 87.4. The molecule has 3 N–H and O–H groups in total. The predicted octanol–water partition coefficient (Wildman–Crippen LogP) is -0.0237. The van der Waals surface area contributed by atoms with Crippen molar-refractivity contribution in [1.29, 1.82) is 0 Å². The Kier molecular flexibility index (Phi) is 4.12. The lowest BCUT2D eigenvalue weighted by molar-refractivity contribution is -0.137. The third-order valence-electron chi connectivity index (χ3n) is 0.571. The van der Waals surface area contributed by atoms with Gasteiger partial charge < -0.3 is 10.8 Å². The number of carboxylic acid groups (broad SMARTS) is 1. The molecule has 0 aromatic carbocycles. The highest BCUT2D eigenvalue weighted by atomic mass is 33.1. The number of carbonyl (C=O) groups is 1. The number of hydrogen-bond acceptors (Lipinski definition) is 4. The van der Waals surface area contributed by atoms with Crippen molar-refractivity contribution in [3.8, 4) is 0 Å². The van der Waals surface area contributed by atoms with Crippen LogP contribution in [0.15, 0.2) is 0 Å². The summed E-state index contributed by atoms with van der Waals surface area (Å²) in [5, 5.41) is 8.14. The Hall–Kier alpha value is 0.130. The topological polar surface area (TPSA) is 63.3 Å². The highest BCUT2D eigenvalue weighted by Crippen LogP contribution is 2.04. The largest absolute Gasteiger partial charge is 0.480 e. The zero-order valence-corrected chi connectivity index (χ0v) is 5.78. The number of carboxylic acids is 1. The highest BCUT2D eigenvalue weighted by molar-refractivity contribution is 8.68. The van der Waals surface area contributed by atoms with E-state index in [-0.39, 0.29) is 0 Å². The van der Waals surface area contributed by atoms with Gasteiger partial charge in [-0.3, -0.25) is 4.79 Å². The molecule has 0 saturated heterocycles. The maximum absolute atomic E-state index is 9.92. The van der Waals surface area contributed by atoms with E-state index in [0.717, 1.165) is 10.8 Å². The third kappa shape index (κ3) is 3.17. The molecule has 0 aliphatic rings.